The molecule has 1 atom stereocenters. The molecule has 88 valence electrons. The molecule has 0 spiro atoms. The van der Waals surface area contributed by atoms with Gasteiger partial charge in [-0.15, -0.1) is 0 Å². The predicted molar refractivity (Wildman–Crippen MR) is 67.0 cm³/mol. The summed E-state index contributed by atoms with van der Waals surface area (Å²) in [6.07, 6.45) is 3.57. The average molecular weight is 228 g/mol. The monoisotopic (exact) mass is 228 g/mol. The molecule has 0 aliphatic heterocycles. The van der Waals surface area contributed by atoms with Gasteiger partial charge in [-0.25, -0.2) is 0 Å². The molecule has 0 radical (unpaired) electrons. The number of aryl methyl sites for hydroxylation is 1. The number of aromatic nitrogens is 1. The lowest BCUT2D eigenvalue weighted by Gasteiger charge is -2.06. The quantitative estimate of drug-likeness (QED) is 0.816. The Labute approximate surface area is 101 Å². The van der Waals surface area contributed by atoms with Gasteiger partial charge in [-0.2, -0.15) is 0 Å². The first kappa shape index (κ1) is 10.4. The van der Waals surface area contributed by atoms with Gasteiger partial charge in [0.1, 0.15) is 12.0 Å². The number of hydrogen-bond acceptors (Lipinski definition) is 3. The third kappa shape index (κ3) is 1.54. The van der Waals surface area contributed by atoms with Crippen molar-refractivity contribution in [2.24, 2.45) is 0 Å². The maximum atomic E-state index is 5.87. The Bertz CT molecular complexity index is 572. The molecule has 3 nitrogen and oxygen atoms in total. The first-order chi connectivity index (χ1) is 8.16. The summed E-state index contributed by atoms with van der Waals surface area (Å²) >= 11 is 0. The van der Waals surface area contributed by atoms with Crippen LogP contribution in [0.25, 0.3) is 0 Å². The molecule has 2 aromatic rings. The minimum atomic E-state index is 0.379. The minimum absolute atomic E-state index is 0.379. The molecule has 0 fully saturated rings. The second-order valence-corrected chi connectivity index (χ2v) is 4.91. The highest BCUT2D eigenvalue weighted by molar-refractivity contribution is 5.49. The molecular formula is C14H16N2O. The molecule has 3 heteroatoms. The molecule has 1 heterocycles. The summed E-state index contributed by atoms with van der Waals surface area (Å²) in [6, 6.07) is 4.43. The van der Waals surface area contributed by atoms with Crippen LogP contribution in [0.15, 0.2) is 22.9 Å². The van der Waals surface area contributed by atoms with E-state index in [0.29, 0.717) is 11.6 Å². The topological polar surface area (TPSA) is 52.0 Å². The first-order valence-corrected chi connectivity index (χ1v) is 5.94. The Kier molecular flexibility index (Phi) is 2.21. The average Bonchev–Trinajstić information content (AvgIpc) is 2.89. The zero-order valence-electron chi connectivity index (χ0n) is 10.2. The molecular weight excluding hydrogens is 212 g/mol. The van der Waals surface area contributed by atoms with Gasteiger partial charge in [-0.05, 0) is 48.9 Å². The molecule has 0 bridgehead atoms. The molecule has 1 aliphatic rings. The summed E-state index contributed by atoms with van der Waals surface area (Å²) in [4.78, 5) is 0. The third-order valence-electron chi connectivity index (χ3n) is 3.90. The number of nitrogens with two attached hydrogens (primary N) is 1. The predicted octanol–water partition coefficient (Wildman–Crippen LogP) is 2.76. The van der Waals surface area contributed by atoms with Crippen molar-refractivity contribution in [1.29, 1.82) is 0 Å². The molecule has 2 N–H and O–H groups in total. The Hall–Kier alpha value is -1.77. The van der Waals surface area contributed by atoms with Crippen molar-refractivity contribution in [1.82, 2.24) is 5.16 Å². The van der Waals surface area contributed by atoms with Crippen LogP contribution >= 0.6 is 0 Å². The van der Waals surface area contributed by atoms with Gasteiger partial charge in [0.05, 0.1) is 5.69 Å². The van der Waals surface area contributed by atoms with Crippen molar-refractivity contribution < 1.29 is 4.52 Å². The Morgan fingerprint density at radius 3 is 2.82 bits per heavy atom. The van der Waals surface area contributed by atoms with E-state index in [1.54, 1.807) is 0 Å². The van der Waals surface area contributed by atoms with E-state index in [2.05, 4.69) is 31.1 Å². The number of fused-ring (bicyclic) bond motifs is 1. The van der Waals surface area contributed by atoms with E-state index in [1.165, 1.54) is 28.5 Å². The second-order valence-electron chi connectivity index (χ2n) is 4.91. The van der Waals surface area contributed by atoms with Gasteiger partial charge in [0.25, 0.3) is 0 Å². The van der Waals surface area contributed by atoms with Gasteiger partial charge in [0.2, 0.25) is 0 Å². The second kappa shape index (κ2) is 3.62. The summed E-state index contributed by atoms with van der Waals surface area (Å²) in [6.45, 7) is 4.36. The van der Waals surface area contributed by atoms with Crippen LogP contribution in [-0.2, 0) is 12.8 Å². The van der Waals surface area contributed by atoms with Crippen LogP contribution in [0.3, 0.4) is 0 Å². The number of benzene rings is 1. The lowest BCUT2D eigenvalue weighted by Crippen LogP contribution is -2.02. The lowest BCUT2D eigenvalue weighted by molar-refractivity contribution is 0.405. The molecule has 1 aromatic heterocycles. The van der Waals surface area contributed by atoms with Crippen LogP contribution in [0, 0.1) is 13.8 Å². The van der Waals surface area contributed by atoms with Crippen molar-refractivity contribution in [2.45, 2.75) is 32.6 Å². The van der Waals surface area contributed by atoms with Gasteiger partial charge in [-0.3, -0.25) is 0 Å². The Morgan fingerprint density at radius 2 is 2.12 bits per heavy atom. The molecule has 17 heavy (non-hydrogen) atoms. The number of nitrogens with zero attached hydrogens (tertiary/aromatic N) is 1. The summed E-state index contributed by atoms with van der Waals surface area (Å²) in [7, 11) is 0. The fourth-order valence-corrected chi connectivity index (χ4v) is 2.75. The molecule has 3 rings (SSSR count). The van der Waals surface area contributed by atoms with E-state index < -0.39 is 0 Å². The highest BCUT2D eigenvalue weighted by Gasteiger charge is 2.28. The maximum absolute atomic E-state index is 5.87. The number of hydrogen-bond donors (Lipinski definition) is 1. The van der Waals surface area contributed by atoms with Crippen LogP contribution < -0.4 is 5.73 Å². The molecule has 0 saturated heterocycles. The summed E-state index contributed by atoms with van der Waals surface area (Å²) in [5.41, 5.74) is 13.1. The largest absolute Gasteiger partial charge is 0.395 e. The summed E-state index contributed by atoms with van der Waals surface area (Å²) < 4.78 is 4.94. The van der Waals surface area contributed by atoms with Gasteiger partial charge >= 0.3 is 0 Å². The Morgan fingerprint density at radius 1 is 1.29 bits per heavy atom. The van der Waals surface area contributed by atoms with Crippen LogP contribution in [-0.4, -0.2) is 5.16 Å². The molecule has 1 aliphatic carbocycles. The lowest BCUT2D eigenvalue weighted by atomic mass is 9.99. The molecule has 0 saturated carbocycles. The van der Waals surface area contributed by atoms with Crippen molar-refractivity contribution in [2.75, 3.05) is 5.73 Å². The van der Waals surface area contributed by atoms with Crippen LogP contribution in [0.2, 0.25) is 0 Å². The van der Waals surface area contributed by atoms with E-state index in [1.807, 2.05) is 0 Å². The van der Waals surface area contributed by atoms with Gasteiger partial charge < -0.3 is 10.3 Å². The van der Waals surface area contributed by atoms with Crippen LogP contribution in [0.4, 0.5) is 5.69 Å². The fourth-order valence-electron chi connectivity index (χ4n) is 2.75. The number of nitrogen functional groups attached to an aromatic ring is 1. The molecule has 1 aromatic carbocycles. The number of anilines is 1. The standard InChI is InChI=1S/C14H16N2O/c1-8-3-4-10-5-11(6-12(10)9(8)2)14-13(15)7-17-16-14/h3-4,7,11H,5-6,15H2,1-2H3. The van der Waals surface area contributed by atoms with E-state index >= 15 is 0 Å². The maximum Gasteiger partial charge on any atom is 0.147 e. The molecule has 1 unspecified atom stereocenters. The van der Waals surface area contributed by atoms with Gasteiger partial charge in [0.15, 0.2) is 0 Å². The van der Waals surface area contributed by atoms with E-state index in [0.717, 1.165) is 18.5 Å². The first-order valence-electron chi connectivity index (χ1n) is 5.94. The van der Waals surface area contributed by atoms with Crippen molar-refractivity contribution in [3.05, 3.63) is 46.3 Å². The van der Waals surface area contributed by atoms with E-state index in [9.17, 15) is 0 Å². The van der Waals surface area contributed by atoms with Gasteiger partial charge in [0, 0.05) is 5.92 Å². The normalized spacial score (nSPS) is 18.4. The smallest absolute Gasteiger partial charge is 0.147 e. The number of rotatable bonds is 1. The van der Waals surface area contributed by atoms with Crippen molar-refractivity contribution >= 4 is 5.69 Å². The highest BCUT2D eigenvalue weighted by atomic mass is 16.5. The third-order valence-corrected chi connectivity index (χ3v) is 3.90. The zero-order valence-corrected chi connectivity index (χ0v) is 10.2. The Balaban J connectivity index is 1.99. The van der Waals surface area contributed by atoms with Crippen molar-refractivity contribution in [3.63, 3.8) is 0 Å². The van der Waals surface area contributed by atoms with Crippen LogP contribution in [0.5, 0.6) is 0 Å². The minimum Gasteiger partial charge on any atom is -0.395 e. The van der Waals surface area contributed by atoms with E-state index in [4.69, 9.17) is 10.3 Å². The highest BCUT2D eigenvalue weighted by Crippen LogP contribution is 2.37. The van der Waals surface area contributed by atoms with Gasteiger partial charge in [-0.1, -0.05) is 17.3 Å². The summed E-state index contributed by atoms with van der Waals surface area (Å²) in [5.74, 6) is 0.379. The zero-order chi connectivity index (χ0) is 12.0. The molecule has 0 amide bonds. The SMILES string of the molecule is Cc1ccc2c(c1C)CC(c1nocc1N)C2. The van der Waals surface area contributed by atoms with Crippen molar-refractivity contribution in [3.8, 4) is 0 Å². The van der Waals surface area contributed by atoms with Crippen LogP contribution in [0.1, 0.15) is 33.9 Å². The fraction of sp³-hybridized carbons (Fsp3) is 0.357. The summed E-state index contributed by atoms with van der Waals surface area (Å²) in [5, 5.41) is 4.03. The van der Waals surface area contributed by atoms with E-state index in [-0.39, 0.29) is 0 Å².